The Balaban J connectivity index is 1.85. The third kappa shape index (κ3) is 2.86. The van der Waals surface area contributed by atoms with Gasteiger partial charge in [-0.2, -0.15) is 15.0 Å². The first-order valence-corrected chi connectivity index (χ1v) is 9.20. The van der Waals surface area contributed by atoms with E-state index in [0.29, 0.717) is 16.4 Å². The van der Waals surface area contributed by atoms with E-state index in [1.54, 1.807) is 17.9 Å². The standard InChI is InChI=1S/C19H20ClN7O/c1-10-16-17(25-27(4)24-16)11-6-5-7-13(18(11)26(10)3)23-14-8-15(20)22-9-12(14)19(28)21-2/h5-10H,1-4H3,(H,21,28)(H,22,23). The molecule has 0 saturated heterocycles. The number of hydrogen-bond donors (Lipinski definition) is 2. The first-order chi connectivity index (χ1) is 13.4. The van der Waals surface area contributed by atoms with Crippen molar-refractivity contribution in [3.63, 3.8) is 0 Å². The Morgan fingerprint density at radius 2 is 2.00 bits per heavy atom. The number of rotatable bonds is 3. The Morgan fingerprint density at radius 1 is 1.21 bits per heavy atom. The second-order valence-corrected chi connectivity index (χ2v) is 7.06. The van der Waals surface area contributed by atoms with Crippen molar-refractivity contribution in [1.82, 2.24) is 25.3 Å². The average Bonchev–Trinajstić information content (AvgIpc) is 3.07. The Morgan fingerprint density at radius 3 is 2.75 bits per heavy atom. The monoisotopic (exact) mass is 397 g/mol. The van der Waals surface area contributed by atoms with Crippen molar-refractivity contribution >= 4 is 34.6 Å². The second kappa shape index (κ2) is 6.79. The van der Waals surface area contributed by atoms with E-state index in [9.17, 15) is 4.79 Å². The number of aryl methyl sites for hydroxylation is 1. The number of carbonyl (C=O) groups excluding carboxylic acids is 1. The first kappa shape index (κ1) is 18.2. The predicted molar refractivity (Wildman–Crippen MR) is 109 cm³/mol. The van der Waals surface area contributed by atoms with Crippen LogP contribution in [-0.2, 0) is 7.05 Å². The summed E-state index contributed by atoms with van der Waals surface area (Å²) >= 11 is 6.08. The molecular formula is C19H20ClN7O. The summed E-state index contributed by atoms with van der Waals surface area (Å²) in [5.41, 5.74) is 5.61. The van der Waals surface area contributed by atoms with Crippen LogP contribution in [-0.4, -0.2) is 40.0 Å². The van der Waals surface area contributed by atoms with Crippen molar-refractivity contribution in [3.05, 3.63) is 46.9 Å². The lowest BCUT2D eigenvalue weighted by Crippen LogP contribution is -2.27. The molecule has 1 aromatic carbocycles. The van der Waals surface area contributed by atoms with Crippen LogP contribution in [0.25, 0.3) is 11.3 Å². The summed E-state index contributed by atoms with van der Waals surface area (Å²) in [6.45, 7) is 2.09. The molecule has 2 N–H and O–H groups in total. The number of carbonyl (C=O) groups is 1. The van der Waals surface area contributed by atoms with Gasteiger partial charge in [-0.3, -0.25) is 4.79 Å². The van der Waals surface area contributed by atoms with Gasteiger partial charge in [0, 0.05) is 32.9 Å². The first-order valence-electron chi connectivity index (χ1n) is 8.82. The largest absolute Gasteiger partial charge is 0.364 e. The molecule has 1 amide bonds. The number of aromatic nitrogens is 4. The van der Waals surface area contributed by atoms with Gasteiger partial charge in [0.25, 0.3) is 5.91 Å². The lowest BCUT2D eigenvalue weighted by Gasteiger charge is -2.34. The number of halogens is 1. The highest BCUT2D eigenvalue weighted by atomic mass is 35.5. The molecule has 28 heavy (non-hydrogen) atoms. The molecule has 1 aliphatic rings. The maximum Gasteiger partial charge on any atom is 0.254 e. The molecule has 0 bridgehead atoms. The molecule has 0 spiro atoms. The highest BCUT2D eigenvalue weighted by Gasteiger charge is 2.32. The van der Waals surface area contributed by atoms with E-state index in [4.69, 9.17) is 11.6 Å². The third-order valence-corrected chi connectivity index (χ3v) is 5.18. The molecule has 0 radical (unpaired) electrons. The molecule has 0 fully saturated rings. The van der Waals surface area contributed by atoms with Gasteiger partial charge >= 0.3 is 0 Å². The van der Waals surface area contributed by atoms with E-state index < -0.39 is 0 Å². The topological polar surface area (TPSA) is 88.0 Å². The fourth-order valence-electron chi connectivity index (χ4n) is 3.48. The Bertz CT molecular complexity index is 1080. The molecule has 8 nitrogen and oxygen atoms in total. The summed E-state index contributed by atoms with van der Waals surface area (Å²) in [4.78, 5) is 20.0. The van der Waals surface area contributed by atoms with Crippen LogP contribution < -0.4 is 15.5 Å². The van der Waals surface area contributed by atoms with Crippen LogP contribution in [0.2, 0.25) is 5.15 Å². The van der Waals surface area contributed by atoms with Crippen molar-refractivity contribution in [3.8, 4) is 11.3 Å². The third-order valence-electron chi connectivity index (χ3n) is 4.97. The molecule has 1 atom stereocenters. The maximum atomic E-state index is 12.2. The molecule has 9 heteroatoms. The van der Waals surface area contributed by atoms with E-state index in [1.165, 1.54) is 6.20 Å². The molecule has 2 aromatic heterocycles. The van der Waals surface area contributed by atoms with Gasteiger partial charge in [0.2, 0.25) is 0 Å². The summed E-state index contributed by atoms with van der Waals surface area (Å²) < 4.78 is 0. The molecule has 0 saturated carbocycles. The van der Waals surface area contributed by atoms with Crippen LogP contribution in [0.15, 0.2) is 30.5 Å². The van der Waals surface area contributed by atoms with Crippen molar-refractivity contribution < 1.29 is 4.79 Å². The number of anilines is 3. The van der Waals surface area contributed by atoms with Crippen LogP contribution in [0.3, 0.4) is 0 Å². The van der Waals surface area contributed by atoms with Gasteiger partial charge < -0.3 is 15.5 Å². The zero-order valence-electron chi connectivity index (χ0n) is 16.0. The molecular weight excluding hydrogens is 378 g/mol. The zero-order valence-corrected chi connectivity index (χ0v) is 16.7. The Kier molecular flexibility index (Phi) is 4.43. The molecule has 1 unspecified atom stereocenters. The maximum absolute atomic E-state index is 12.2. The highest BCUT2D eigenvalue weighted by Crippen LogP contribution is 2.46. The normalized spacial score (nSPS) is 15.0. The lowest BCUT2D eigenvalue weighted by atomic mass is 9.96. The molecule has 0 aliphatic carbocycles. The minimum absolute atomic E-state index is 0.0542. The predicted octanol–water partition coefficient (Wildman–Crippen LogP) is 3.14. The van der Waals surface area contributed by atoms with E-state index >= 15 is 0 Å². The summed E-state index contributed by atoms with van der Waals surface area (Å²) in [7, 11) is 5.42. The van der Waals surface area contributed by atoms with E-state index in [-0.39, 0.29) is 11.9 Å². The quantitative estimate of drug-likeness (QED) is 0.660. The fraction of sp³-hybridized carbons (Fsp3) is 0.263. The van der Waals surface area contributed by atoms with Gasteiger partial charge in [-0.05, 0) is 19.1 Å². The van der Waals surface area contributed by atoms with Gasteiger partial charge in [-0.25, -0.2) is 4.98 Å². The smallest absolute Gasteiger partial charge is 0.254 e. The van der Waals surface area contributed by atoms with Crippen LogP contribution >= 0.6 is 11.6 Å². The molecule has 144 valence electrons. The minimum atomic E-state index is -0.241. The van der Waals surface area contributed by atoms with Gasteiger partial charge in [-0.15, -0.1) is 0 Å². The molecule has 4 rings (SSSR count). The number of amides is 1. The number of para-hydroxylation sites is 1. The van der Waals surface area contributed by atoms with Gasteiger partial charge in [0.05, 0.1) is 28.7 Å². The molecule has 1 aliphatic heterocycles. The Hall–Kier alpha value is -3.13. The number of nitrogens with zero attached hydrogens (tertiary/aromatic N) is 5. The summed E-state index contributed by atoms with van der Waals surface area (Å²) in [6.07, 6.45) is 1.46. The number of nitrogens with one attached hydrogen (secondary N) is 2. The van der Waals surface area contributed by atoms with Crippen LogP contribution in [0.4, 0.5) is 17.1 Å². The molecule has 3 heterocycles. The number of benzene rings is 1. The van der Waals surface area contributed by atoms with Crippen molar-refractivity contribution in [2.24, 2.45) is 7.05 Å². The number of fused-ring (bicyclic) bond motifs is 3. The number of hydrogen-bond acceptors (Lipinski definition) is 6. The summed E-state index contributed by atoms with van der Waals surface area (Å²) in [5, 5.41) is 15.4. The van der Waals surface area contributed by atoms with E-state index in [2.05, 4.69) is 37.6 Å². The van der Waals surface area contributed by atoms with Crippen molar-refractivity contribution in [1.29, 1.82) is 0 Å². The second-order valence-electron chi connectivity index (χ2n) is 6.67. The highest BCUT2D eigenvalue weighted by molar-refractivity contribution is 6.29. The van der Waals surface area contributed by atoms with Gasteiger partial charge in [0.1, 0.15) is 16.5 Å². The SMILES string of the molecule is CNC(=O)c1cnc(Cl)cc1Nc1cccc2c1N(C)C(C)c1nn(C)nc1-2. The van der Waals surface area contributed by atoms with Crippen LogP contribution in [0.5, 0.6) is 0 Å². The zero-order chi connectivity index (χ0) is 20.0. The average molecular weight is 398 g/mol. The summed E-state index contributed by atoms with van der Waals surface area (Å²) in [6, 6.07) is 7.64. The number of pyridine rings is 1. The fourth-order valence-corrected chi connectivity index (χ4v) is 3.64. The van der Waals surface area contributed by atoms with E-state index in [0.717, 1.165) is 28.3 Å². The lowest BCUT2D eigenvalue weighted by molar-refractivity contribution is 0.0963. The minimum Gasteiger partial charge on any atom is -0.364 e. The van der Waals surface area contributed by atoms with Crippen molar-refractivity contribution in [2.45, 2.75) is 13.0 Å². The van der Waals surface area contributed by atoms with Crippen LogP contribution in [0.1, 0.15) is 29.0 Å². The molecule has 3 aromatic rings. The summed E-state index contributed by atoms with van der Waals surface area (Å²) in [5.74, 6) is -0.241. The van der Waals surface area contributed by atoms with E-state index in [1.807, 2.05) is 32.3 Å². The van der Waals surface area contributed by atoms with Gasteiger partial charge in [0.15, 0.2) is 0 Å². The van der Waals surface area contributed by atoms with Crippen LogP contribution in [0, 0.1) is 0 Å². The van der Waals surface area contributed by atoms with Crippen molar-refractivity contribution in [2.75, 3.05) is 24.3 Å². The van der Waals surface area contributed by atoms with Gasteiger partial charge in [-0.1, -0.05) is 23.7 Å². The Labute approximate surface area is 167 Å².